The van der Waals surface area contributed by atoms with Crippen LogP contribution in [-0.2, 0) is 4.79 Å². The molecule has 1 aromatic heterocycles. The minimum absolute atomic E-state index is 0.0235. The highest BCUT2D eigenvalue weighted by Gasteiger charge is 2.20. The van der Waals surface area contributed by atoms with E-state index in [-0.39, 0.29) is 17.0 Å². The zero-order chi connectivity index (χ0) is 13.8. The number of hydrogen-bond acceptors (Lipinski definition) is 3. The molecule has 0 spiro atoms. The number of amides is 1. The number of nitrogens with two attached hydrogens (primary N) is 1. The molecule has 1 heterocycles. The Bertz CT molecular complexity index is 644. The highest BCUT2D eigenvalue weighted by molar-refractivity contribution is 6.22. The molecule has 1 aromatic carbocycles. The fraction of sp³-hybridized carbons (Fsp3) is 0. The molecule has 0 radical (unpaired) electrons. The molecule has 0 bridgehead atoms. The van der Waals surface area contributed by atoms with E-state index in [1.165, 1.54) is 12.4 Å². The summed E-state index contributed by atoms with van der Waals surface area (Å²) in [4.78, 5) is 28.9. The third-order valence-corrected chi connectivity index (χ3v) is 2.48. The SMILES string of the molecule is NC(=O)c1[nH]cnc1C(=Cc1ccccc1)C(=O)O. The number of aromatic nitrogens is 2. The molecule has 96 valence electrons. The van der Waals surface area contributed by atoms with E-state index in [2.05, 4.69) is 9.97 Å². The number of primary amides is 1. The van der Waals surface area contributed by atoms with Crippen LogP contribution in [0.25, 0.3) is 11.6 Å². The van der Waals surface area contributed by atoms with Gasteiger partial charge in [0.1, 0.15) is 11.4 Å². The van der Waals surface area contributed by atoms with Gasteiger partial charge in [0.05, 0.1) is 11.9 Å². The number of carboxylic acid groups (broad SMARTS) is 1. The Morgan fingerprint density at radius 1 is 1.26 bits per heavy atom. The zero-order valence-corrected chi connectivity index (χ0v) is 9.83. The number of nitrogens with one attached hydrogen (secondary N) is 1. The summed E-state index contributed by atoms with van der Waals surface area (Å²) in [7, 11) is 0. The average Bonchev–Trinajstić information content (AvgIpc) is 2.86. The normalized spacial score (nSPS) is 11.3. The predicted octanol–water partition coefficient (Wildman–Crippen LogP) is 1.13. The Kier molecular flexibility index (Phi) is 3.42. The molecule has 0 saturated carbocycles. The van der Waals surface area contributed by atoms with Crippen molar-refractivity contribution < 1.29 is 14.7 Å². The van der Waals surface area contributed by atoms with Gasteiger partial charge < -0.3 is 15.8 Å². The molecule has 6 nitrogen and oxygen atoms in total. The van der Waals surface area contributed by atoms with E-state index in [1.54, 1.807) is 24.3 Å². The zero-order valence-electron chi connectivity index (χ0n) is 9.83. The highest BCUT2D eigenvalue weighted by Crippen LogP contribution is 2.19. The topological polar surface area (TPSA) is 109 Å². The van der Waals surface area contributed by atoms with Crippen molar-refractivity contribution in [3.63, 3.8) is 0 Å². The van der Waals surface area contributed by atoms with E-state index >= 15 is 0 Å². The number of carbonyl (C=O) groups excluding carboxylic acids is 1. The molecule has 0 unspecified atom stereocenters. The fourth-order valence-electron chi connectivity index (χ4n) is 1.63. The number of rotatable bonds is 4. The van der Waals surface area contributed by atoms with Gasteiger partial charge in [0.25, 0.3) is 5.91 Å². The molecular weight excluding hydrogens is 246 g/mol. The van der Waals surface area contributed by atoms with Gasteiger partial charge in [-0.15, -0.1) is 0 Å². The first kappa shape index (κ1) is 12.6. The van der Waals surface area contributed by atoms with E-state index in [9.17, 15) is 14.7 Å². The smallest absolute Gasteiger partial charge is 0.338 e. The van der Waals surface area contributed by atoms with Gasteiger partial charge in [-0.05, 0) is 11.6 Å². The highest BCUT2D eigenvalue weighted by atomic mass is 16.4. The van der Waals surface area contributed by atoms with Crippen molar-refractivity contribution in [1.29, 1.82) is 0 Å². The van der Waals surface area contributed by atoms with E-state index in [0.717, 1.165) is 0 Å². The fourth-order valence-corrected chi connectivity index (χ4v) is 1.63. The van der Waals surface area contributed by atoms with Crippen LogP contribution >= 0.6 is 0 Å². The van der Waals surface area contributed by atoms with Crippen LogP contribution in [0.4, 0.5) is 0 Å². The number of carbonyl (C=O) groups is 2. The lowest BCUT2D eigenvalue weighted by atomic mass is 10.1. The summed E-state index contributed by atoms with van der Waals surface area (Å²) in [5.74, 6) is -1.94. The van der Waals surface area contributed by atoms with Gasteiger partial charge in [-0.25, -0.2) is 9.78 Å². The minimum atomic E-state index is -1.18. The number of imidazole rings is 1. The van der Waals surface area contributed by atoms with Gasteiger partial charge in [0, 0.05) is 0 Å². The lowest BCUT2D eigenvalue weighted by molar-refractivity contribution is -0.130. The molecule has 6 heteroatoms. The number of benzene rings is 1. The second-order valence-electron chi connectivity index (χ2n) is 3.76. The van der Waals surface area contributed by atoms with E-state index < -0.39 is 11.9 Å². The van der Waals surface area contributed by atoms with Crippen LogP contribution in [0, 0.1) is 0 Å². The molecule has 0 fully saturated rings. The van der Waals surface area contributed by atoms with E-state index in [1.807, 2.05) is 6.07 Å². The first-order valence-corrected chi connectivity index (χ1v) is 5.43. The summed E-state index contributed by atoms with van der Waals surface area (Å²) in [6.45, 7) is 0. The van der Waals surface area contributed by atoms with Crippen LogP contribution in [-0.4, -0.2) is 27.0 Å². The maximum atomic E-state index is 11.3. The average molecular weight is 257 g/mol. The Hall–Kier alpha value is -2.89. The van der Waals surface area contributed by atoms with Crippen molar-refractivity contribution in [3.8, 4) is 0 Å². The standard InChI is InChI=1S/C13H11N3O3/c14-12(17)11-10(15-7-16-11)9(13(18)19)6-8-4-2-1-3-5-8/h1-7H,(H2,14,17)(H,15,16)(H,18,19). The van der Waals surface area contributed by atoms with Crippen molar-refractivity contribution in [3.05, 3.63) is 53.6 Å². The summed E-state index contributed by atoms with van der Waals surface area (Å²) in [5.41, 5.74) is 5.76. The van der Waals surface area contributed by atoms with Crippen LogP contribution in [0.3, 0.4) is 0 Å². The van der Waals surface area contributed by atoms with Crippen LogP contribution in [0.15, 0.2) is 36.7 Å². The Morgan fingerprint density at radius 3 is 2.53 bits per heavy atom. The number of aliphatic carboxylic acids is 1. The van der Waals surface area contributed by atoms with Crippen LogP contribution in [0.5, 0.6) is 0 Å². The van der Waals surface area contributed by atoms with Crippen LogP contribution < -0.4 is 5.73 Å². The van der Waals surface area contributed by atoms with Gasteiger partial charge in [-0.1, -0.05) is 30.3 Å². The number of hydrogen-bond donors (Lipinski definition) is 3. The number of aromatic amines is 1. The van der Waals surface area contributed by atoms with E-state index in [0.29, 0.717) is 5.56 Å². The lowest BCUT2D eigenvalue weighted by Gasteiger charge is -2.01. The molecular formula is C13H11N3O3. The van der Waals surface area contributed by atoms with Gasteiger partial charge >= 0.3 is 5.97 Å². The lowest BCUT2D eigenvalue weighted by Crippen LogP contribution is -2.15. The second-order valence-corrected chi connectivity index (χ2v) is 3.76. The van der Waals surface area contributed by atoms with Gasteiger partial charge in [0.2, 0.25) is 0 Å². The number of H-pyrrole nitrogens is 1. The van der Waals surface area contributed by atoms with Crippen molar-refractivity contribution in [1.82, 2.24) is 9.97 Å². The maximum absolute atomic E-state index is 11.3. The molecule has 19 heavy (non-hydrogen) atoms. The molecule has 0 aliphatic carbocycles. The summed E-state index contributed by atoms with van der Waals surface area (Å²) >= 11 is 0. The summed E-state index contributed by atoms with van der Waals surface area (Å²) in [6, 6.07) is 8.88. The molecule has 0 aliphatic heterocycles. The molecule has 4 N–H and O–H groups in total. The molecule has 0 atom stereocenters. The first-order chi connectivity index (χ1) is 9.09. The van der Waals surface area contributed by atoms with Crippen molar-refractivity contribution in [2.24, 2.45) is 5.73 Å². The maximum Gasteiger partial charge on any atom is 0.338 e. The summed E-state index contributed by atoms with van der Waals surface area (Å²) in [5, 5.41) is 9.24. The number of carboxylic acids is 1. The van der Waals surface area contributed by atoms with Gasteiger partial charge in [-0.2, -0.15) is 0 Å². The van der Waals surface area contributed by atoms with Crippen LogP contribution in [0.1, 0.15) is 21.7 Å². The third-order valence-electron chi connectivity index (χ3n) is 2.48. The van der Waals surface area contributed by atoms with Crippen molar-refractivity contribution >= 4 is 23.5 Å². The summed E-state index contributed by atoms with van der Waals surface area (Å²) < 4.78 is 0. The molecule has 1 amide bonds. The third kappa shape index (κ3) is 2.68. The first-order valence-electron chi connectivity index (χ1n) is 5.43. The second kappa shape index (κ2) is 5.18. The monoisotopic (exact) mass is 257 g/mol. The molecule has 2 rings (SSSR count). The quantitative estimate of drug-likeness (QED) is 0.713. The molecule has 0 saturated heterocycles. The number of nitrogens with zero attached hydrogens (tertiary/aromatic N) is 1. The van der Waals surface area contributed by atoms with Gasteiger partial charge in [-0.3, -0.25) is 4.79 Å². The van der Waals surface area contributed by atoms with Gasteiger partial charge in [0.15, 0.2) is 0 Å². The minimum Gasteiger partial charge on any atom is -0.478 e. The summed E-state index contributed by atoms with van der Waals surface area (Å²) in [6.07, 6.45) is 2.67. The molecule has 0 aliphatic rings. The Labute approximate surface area is 108 Å². The van der Waals surface area contributed by atoms with E-state index in [4.69, 9.17) is 5.73 Å². The Morgan fingerprint density at radius 2 is 1.95 bits per heavy atom. The molecule has 2 aromatic rings. The van der Waals surface area contributed by atoms with Crippen molar-refractivity contribution in [2.75, 3.05) is 0 Å². The van der Waals surface area contributed by atoms with Crippen molar-refractivity contribution in [2.45, 2.75) is 0 Å². The Balaban J connectivity index is 2.53. The van der Waals surface area contributed by atoms with Crippen LogP contribution in [0.2, 0.25) is 0 Å². The predicted molar refractivity (Wildman–Crippen MR) is 69.1 cm³/mol. The largest absolute Gasteiger partial charge is 0.478 e.